The highest BCUT2D eigenvalue weighted by molar-refractivity contribution is 7.91. The molecular formula is C19H21ClN2O2S. The van der Waals surface area contributed by atoms with Gasteiger partial charge in [-0.25, -0.2) is 8.42 Å². The van der Waals surface area contributed by atoms with Crippen LogP contribution in [0.15, 0.2) is 42.7 Å². The minimum Gasteiger partial charge on any atom is -0.344 e. The monoisotopic (exact) mass is 376 g/mol. The summed E-state index contributed by atoms with van der Waals surface area (Å²) in [5.74, 6) is 0.139. The number of rotatable bonds is 5. The molecule has 1 aromatic carbocycles. The minimum atomic E-state index is -3.05. The second kappa shape index (κ2) is 6.81. The van der Waals surface area contributed by atoms with Gasteiger partial charge in [-0.1, -0.05) is 17.7 Å². The summed E-state index contributed by atoms with van der Waals surface area (Å²) in [6.45, 7) is 3.43. The van der Waals surface area contributed by atoms with Gasteiger partial charge in [-0.3, -0.25) is 4.98 Å². The molecule has 2 aromatic heterocycles. The fraction of sp³-hybridized carbons (Fsp3) is 0.316. The second-order valence-electron chi connectivity index (χ2n) is 6.54. The Morgan fingerprint density at radius 1 is 1.16 bits per heavy atom. The number of sulfone groups is 1. The molecule has 0 aliphatic carbocycles. The summed E-state index contributed by atoms with van der Waals surface area (Å²) in [5.41, 5.74) is 3.97. The van der Waals surface area contributed by atoms with Gasteiger partial charge in [0, 0.05) is 40.9 Å². The Morgan fingerprint density at radius 2 is 1.92 bits per heavy atom. The predicted molar refractivity (Wildman–Crippen MR) is 104 cm³/mol. The molecule has 0 saturated carbocycles. The van der Waals surface area contributed by atoms with E-state index in [4.69, 9.17) is 11.6 Å². The highest BCUT2D eigenvalue weighted by atomic mass is 35.5. The number of nitrogens with zero attached hydrogens (tertiary/aromatic N) is 2. The van der Waals surface area contributed by atoms with Crippen LogP contribution in [0.4, 0.5) is 0 Å². The van der Waals surface area contributed by atoms with Gasteiger partial charge in [-0.05, 0) is 50.1 Å². The molecule has 0 saturated heterocycles. The smallest absolute Gasteiger partial charge is 0.152 e. The maximum atomic E-state index is 12.0. The molecule has 0 radical (unpaired) electrons. The van der Waals surface area contributed by atoms with E-state index in [1.807, 2.05) is 31.3 Å². The van der Waals surface area contributed by atoms with Crippen LogP contribution in [0.5, 0.6) is 0 Å². The first kappa shape index (κ1) is 18.0. The van der Waals surface area contributed by atoms with Gasteiger partial charge in [0.15, 0.2) is 9.84 Å². The lowest BCUT2D eigenvalue weighted by molar-refractivity contribution is 0.586. The number of fused-ring (bicyclic) bond motifs is 1. The normalized spacial score (nSPS) is 12.2. The quantitative estimate of drug-likeness (QED) is 0.668. The van der Waals surface area contributed by atoms with Crippen molar-refractivity contribution in [3.05, 3.63) is 53.3 Å². The molecular weight excluding hydrogens is 356 g/mol. The molecule has 2 heterocycles. The number of hydrogen-bond acceptors (Lipinski definition) is 3. The highest BCUT2D eigenvalue weighted by Gasteiger charge is 2.16. The van der Waals surface area contributed by atoms with Crippen molar-refractivity contribution in [1.29, 1.82) is 0 Å². The van der Waals surface area contributed by atoms with E-state index in [0.29, 0.717) is 11.4 Å². The van der Waals surface area contributed by atoms with E-state index in [9.17, 15) is 8.42 Å². The lowest BCUT2D eigenvalue weighted by Gasteiger charge is -2.09. The Bertz CT molecular complexity index is 1020. The van der Waals surface area contributed by atoms with Gasteiger partial charge in [0.2, 0.25) is 0 Å². The third kappa shape index (κ3) is 3.72. The van der Waals surface area contributed by atoms with E-state index in [2.05, 4.69) is 15.6 Å². The van der Waals surface area contributed by atoms with E-state index in [1.54, 1.807) is 26.2 Å². The van der Waals surface area contributed by atoms with Crippen molar-refractivity contribution in [3.8, 4) is 11.3 Å². The van der Waals surface area contributed by atoms with Crippen molar-refractivity contribution in [2.75, 3.05) is 5.75 Å². The van der Waals surface area contributed by atoms with E-state index in [0.717, 1.165) is 27.7 Å². The molecule has 0 aliphatic rings. The van der Waals surface area contributed by atoms with Crippen molar-refractivity contribution in [2.45, 2.75) is 25.5 Å². The number of aryl methyl sites for hydroxylation is 2. The SMILES string of the molecule is CC(C)S(=O)(=O)CCc1cncc(-c2cc3ccc(Cl)cc3n2C)c1. The molecule has 4 nitrogen and oxygen atoms in total. The Kier molecular flexibility index (Phi) is 4.89. The largest absolute Gasteiger partial charge is 0.344 e. The third-order valence-electron chi connectivity index (χ3n) is 4.49. The Balaban J connectivity index is 1.93. The van der Waals surface area contributed by atoms with Crippen LogP contribution in [0.2, 0.25) is 5.02 Å². The van der Waals surface area contributed by atoms with Crippen LogP contribution in [-0.2, 0) is 23.3 Å². The lowest BCUT2D eigenvalue weighted by Crippen LogP contribution is -2.19. The van der Waals surface area contributed by atoms with Gasteiger partial charge >= 0.3 is 0 Å². The van der Waals surface area contributed by atoms with E-state index in [1.165, 1.54) is 0 Å². The molecule has 25 heavy (non-hydrogen) atoms. The van der Waals surface area contributed by atoms with Crippen LogP contribution in [0.1, 0.15) is 19.4 Å². The molecule has 0 unspecified atom stereocenters. The molecule has 0 N–H and O–H groups in total. The molecule has 6 heteroatoms. The zero-order chi connectivity index (χ0) is 18.2. The highest BCUT2D eigenvalue weighted by Crippen LogP contribution is 2.29. The van der Waals surface area contributed by atoms with Gasteiger partial charge in [-0.2, -0.15) is 0 Å². The fourth-order valence-corrected chi connectivity index (χ4v) is 4.00. The van der Waals surface area contributed by atoms with Crippen molar-refractivity contribution < 1.29 is 8.42 Å². The number of halogens is 1. The van der Waals surface area contributed by atoms with Gasteiger partial charge in [0.05, 0.1) is 16.7 Å². The molecule has 0 aliphatic heterocycles. The van der Waals surface area contributed by atoms with Crippen molar-refractivity contribution >= 4 is 32.3 Å². The van der Waals surface area contributed by atoms with Gasteiger partial charge in [0.25, 0.3) is 0 Å². The first-order chi connectivity index (χ1) is 11.8. The van der Waals surface area contributed by atoms with Crippen LogP contribution in [0.25, 0.3) is 22.2 Å². The van der Waals surface area contributed by atoms with Crippen LogP contribution >= 0.6 is 11.6 Å². The summed E-state index contributed by atoms with van der Waals surface area (Å²) >= 11 is 6.10. The van der Waals surface area contributed by atoms with E-state index in [-0.39, 0.29) is 11.0 Å². The summed E-state index contributed by atoms with van der Waals surface area (Å²) in [4.78, 5) is 4.30. The molecule has 0 bridgehead atoms. The Morgan fingerprint density at radius 3 is 2.64 bits per heavy atom. The maximum absolute atomic E-state index is 12.0. The molecule has 0 atom stereocenters. The fourth-order valence-electron chi connectivity index (χ4n) is 2.84. The standard InChI is InChI=1S/C19H21ClN2O2S/c1-13(2)25(23,24)7-6-14-8-16(12-21-11-14)18-9-15-4-5-17(20)10-19(15)22(18)3/h4-5,8-13H,6-7H2,1-3H3. The second-order valence-corrected chi connectivity index (χ2v) is 9.65. The van der Waals surface area contributed by atoms with Crippen LogP contribution < -0.4 is 0 Å². The lowest BCUT2D eigenvalue weighted by atomic mass is 10.1. The Hall–Kier alpha value is -1.85. The third-order valence-corrected chi connectivity index (χ3v) is 6.94. The van der Waals surface area contributed by atoms with Gasteiger partial charge in [-0.15, -0.1) is 0 Å². The van der Waals surface area contributed by atoms with Crippen molar-refractivity contribution in [1.82, 2.24) is 9.55 Å². The van der Waals surface area contributed by atoms with Crippen LogP contribution in [-0.4, -0.2) is 29.0 Å². The number of hydrogen-bond donors (Lipinski definition) is 0. The summed E-state index contributed by atoms with van der Waals surface area (Å²) in [6.07, 6.45) is 4.01. The van der Waals surface area contributed by atoms with Gasteiger partial charge < -0.3 is 4.57 Å². The topological polar surface area (TPSA) is 52.0 Å². The number of aromatic nitrogens is 2. The first-order valence-corrected chi connectivity index (χ1v) is 10.3. The predicted octanol–water partition coefficient (Wildman–Crippen LogP) is 4.26. The molecule has 3 rings (SSSR count). The number of benzene rings is 1. The zero-order valence-corrected chi connectivity index (χ0v) is 16.1. The summed E-state index contributed by atoms with van der Waals surface area (Å²) in [5, 5.41) is 1.45. The average molecular weight is 377 g/mol. The minimum absolute atomic E-state index is 0.139. The average Bonchev–Trinajstić information content (AvgIpc) is 2.90. The molecule has 132 valence electrons. The van der Waals surface area contributed by atoms with Crippen molar-refractivity contribution in [3.63, 3.8) is 0 Å². The molecule has 0 amide bonds. The van der Waals surface area contributed by atoms with Crippen LogP contribution in [0.3, 0.4) is 0 Å². The molecule has 0 spiro atoms. The summed E-state index contributed by atoms with van der Waals surface area (Å²) < 4.78 is 26.1. The van der Waals surface area contributed by atoms with Crippen molar-refractivity contribution in [2.24, 2.45) is 7.05 Å². The molecule has 0 fully saturated rings. The maximum Gasteiger partial charge on any atom is 0.152 e. The Labute approximate surface area is 153 Å². The number of pyridine rings is 1. The van der Waals surface area contributed by atoms with Crippen LogP contribution in [0, 0.1) is 0 Å². The summed E-state index contributed by atoms with van der Waals surface area (Å²) in [6, 6.07) is 9.91. The molecule has 3 aromatic rings. The summed E-state index contributed by atoms with van der Waals surface area (Å²) in [7, 11) is -1.06. The van der Waals surface area contributed by atoms with E-state index >= 15 is 0 Å². The van der Waals surface area contributed by atoms with E-state index < -0.39 is 9.84 Å². The first-order valence-electron chi connectivity index (χ1n) is 8.19. The van der Waals surface area contributed by atoms with Gasteiger partial charge in [0.1, 0.15) is 0 Å². The zero-order valence-electron chi connectivity index (χ0n) is 14.5.